The monoisotopic (exact) mass is 452 g/mol. The molecule has 0 bridgehead atoms. The summed E-state index contributed by atoms with van der Waals surface area (Å²) in [6.45, 7) is 1.68. The van der Waals surface area contributed by atoms with Gasteiger partial charge in [0.15, 0.2) is 11.5 Å². The maximum atomic E-state index is 13.0. The van der Waals surface area contributed by atoms with Crippen molar-refractivity contribution in [2.24, 2.45) is 0 Å². The van der Waals surface area contributed by atoms with E-state index in [4.69, 9.17) is 9.47 Å². The van der Waals surface area contributed by atoms with E-state index in [1.165, 1.54) is 7.11 Å². The number of anilines is 1. The number of nitrogens with one attached hydrogen (secondary N) is 1. The van der Waals surface area contributed by atoms with E-state index >= 15 is 0 Å². The van der Waals surface area contributed by atoms with Gasteiger partial charge in [0, 0.05) is 11.8 Å². The third-order valence-electron chi connectivity index (χ3n) is 3.87. The molecular weight excluding hydrogens is 438 g/mol. The summed E-state index contributed by atoms with van der Waals surface area (Å²) < 4.78 is 88.0. The molecule has 0 aliphatic carbocycles. The molecule has 7 nitrogen and oxygen atoms in total. The number of nitro groups is 1. The normalized spacial score (nSPS) is 11.7. The Bertz CT molecular complexity index is 972. The highest BCUT2D eigenvalue weighted by Gasteiger charge is 2.37. The van der Waals surface area contributed by atoms with E-state index < -0.39 is 51.2 Å². The lowest BCUT2D eigenvalue weighted by molar-refractivity contribution is -0.385. The third kappa shape index (κ3) is 5.55. The minimum Gasteiger partial charge on any atom is -0.493 e. The Balaban J connectivity index is 2.55. The highest BCUT2D eigenvalue weighted by Crippen LogP contribution is 2.38. The van der Waals surface area contributed by atoms with Gasteiger partial charge in [0.05, 0.1) is 35.8 Å². The molecule has 0 fully saturated rings. The SMILES string of the molecule is CCOc1cc([N+](=O)[O-])c(C(=O)Nc2cc(C(F)(F)F)cc(C(F)(F)F)c2)cc1OC. The molecule has 0 heterocycles. The summed E-state index contributed by atoms with van der Waals surface area (Å²) in [6.07, 6.45) is -10.3. The second-order valence-electron chi connectivity index (χ2n) is 5.96. The number of nitro benzene ring substituents is 1. The molecule has 2 aromatic carbocycles. The Kier molecular flexibility index (Phi) is 6.67. The van der Waals surface area contributed by atoms with Crippen molar-refractivity contribution < 1.29 is 45.5 Å². The average molecular weight is 452 g/mol. The molecule has 0 unspecified atom stereocenters. The second-order valence-corrected chi connectivity index (χ2v) is 5.96. The van der Waals surface area contributed by atoms with Gasteiger partial charge in [0.1, 0.15) is 5.56 Å². The largest absolute Gasteiger partial charge is 0.493 e. The first-order valence-electron chi connectivity index (χ1n) is 8.38. The zero-order valence-corrected chi connectivity index (χ0v) is 15.9. The molecule has 2 aromatic rings. The minimum absolute atomic E-state index is 0.0772. The Hall–Kier alpha value is -3.51. The molecule has 0 aliphatic heterocycles. The number of halogens is 6. The first kappa shape index (κ1) is 23.8. The van der Waals surface area contributed by atoms with Crippen LogP contribution in [0.1, 0.15) is 28.4 Å². The van der Waals surface area contributed by atoms with Crippen LogP contribution >= 0.6 is 0 Å². The Morgan fingerprint density at radius 3 is 1.97 bits per heavy atom. The maximum Gasteiger partial charge on any atom is 0.416 e. The predicted octanol–water partition coefficient (Wildman–Crippen LogP) is 5.29. The highest BCUT2D eigenvalue weighted by atomic mass is 19.4. The molecule has 31 heavy (non-hydrogen) atoms. The van der Waals surface area contributed by atoms with Crippen molar-refractivity contribution in [3.05, 3.63) is 57.1 Å². The molecule has 1 N–H and O–H groups in total. The maximum absolute atomic E-state index is 13.0. The highest BCUT2D eigenvalue weighted by molar-refractivity contribution is 6.07. The van der Waals surface area contributed by atoms with Gasteiger partial charge in [-0.15, -0.1) is 0 Å². The van der Waals surface area contributed by atoms with E-state index in [0.717, 1.165) is 12.1 Å². The zero-order chi connectivity index (χ0) is 23.6. The topological polar surface area (TPSA) is 90.7 Å². The molecule has 0 saturated carbocycles. The van der Waals surface area contributed by atoms with Crippen molar-refractivity contribution in [3.63, 3.8) is 0 Å². The van der Waals surface area contributed by atoms with Gasteiger partial charge in [-0.1, -0.05) is 0 Å². The molecule has 2 rings (SSSR count). The van der Waals surface area contributed by atoms with E-state index in [2.05, 4.69) is 0 Å². The van der Waals surface area contributed by atoms with Crippen molar-refractivity contribution >= 4 is 17.3 Å². The van der Waals surface area contributed by atoms with Crippen molar-refractivity contribution in [2.75, 3.05) is 19.0 Å². The van der Waals surface area contributed by atoms with Gasteiger partial charge in [-0.05, 0) is 25.1 Å². The standard InChI is InChI=1S/C18H14F6N2O5/c1-3-31-15-8-13(26(28)29)12(7-14(15)30-2)16(27)25-11-5-9(17(19,20)21)4-10(6-11)18(22,23)24/h4-8H,3H2,1-2H3,(H,25,27). The summed E-state index contributed by atoms with van der Waals surface area (Å²) in [5.41, 5.74) is -5.61. The summed E-state index contributed by atoms with van der Waals surface area (Å²) in [4.78, 5) is 22.9. The predicted molar refractivity (Wildman–Crippen MR) is 95.2 cm³/mol. The van der Waals surface area contributed by atoms with Crippen LogP contribution in [0, 0.1) is 10.1 Å². The van der Waals surface area contributed by atoms with Gasteiger partial charge < -0.3 is 14.8 Å². The van der Waals surface area contributed by atoms with Crippen LogP contribution in [0.3, 0.4) is 0 Å². The number of hydrogen-bond acceptors (Lipinski definition) is 5. The summed E-state index contributed by atoms with van der Waals surface area (Å²) in [7, 11) is 1.17. The van der Waals surface area contributed by atoms with E-state index in [1.807, 2.05) is 5.32 Å². The van der Waals surface area contributed by atoms with E-state index in [9.17, 15) is 41.3 Å². The van der Waals surface area contributed by atoms with Crippen LogP contribution in [-0.2, 0) is 12.4 Å². The van der Waals surface area contributed by atoms with Crippen LogP contribution < -0.4 is 14.8 Å². The molecule has 0 aromatic heterocycles. The number of benzene rings is 2. The van der Waals surface area contributed by atoms with Gasteiger partial charge >= 0.3 is 12.4 Å². The van der Waals surface area contributed by atoms with E-state index in [1.54, 1.807) is 6.92 Å². The number of methoxy groups -OCH3 is 1. The van der Waals surface area contributed by atoms with Crippen LogP contribution in [-0.4, -0.2) is 24.5 Å². The smallest absolute Gasteiger partial charge is 0.416 e. The average Bonchev–Trinajstić information content (AvgIpc) is 2.66. The van der Waals surface area contributed by atoms with Crippen LogP contribution in [0.5, 0.6) is 11.5 Å². The number of amides is 1. The van der Waals surface area contributed by atoms with Crippen molar-refractivity contribution in [2.45, 2.75) is 19.3 Å². The Morgan fingerprint density at radius 1 is 1.00 bits per heavy atom. The lowest BCUT2D eigenvalue weighted by atomic mass is 10.1. The number of nitrogens with zero attached hydrogens (tertiary/aromatic N) is 1. The van der Waals surface area contributed by atoms with Gasteiger partial charge in [-0.25, -0.2) is 0 Å². The quantitative estimate of drug-likeness (QED) is 0.365. The zero-order valence-electron chi connectivity index (χ0n) is 15.9. The molecule has 0 aliphatic rings. The minimum atomic E-state index is -5.13. The van der Waals surface area contributed by atoms with Gasteiger partial charge in [-0.3, -0.25) is 14.9 Å². The number of ether oxygens (including phenoxy) is 2. The first-order valence-corrected chi connectivity index (χ1v) is 8.38. The van der Waals surface area contributed by atoms with Gasteiger partial charge in [0.2, 0.25) is 0 Å². The van der Waals surface area contributed by atoms with E-state index in [0.29, 0.717) is 0 Å². The van der Waals surface area contributed by atoms with Gasteiger partial charge in [-0.2, -0.15) is 26.3 Å². The molecule has 1 amide bonds. The molecular formula is C18H14F6N2O5. The fourth-order valence-corrected chi connectivity index (χ4v) is 2.54. The molecule has 0 spiro atoms. The Morgan fingerprint density at radius 2 is 1.55 bits per heavy atom. The van der Waals surface area contributed by atoms with Crippen LogP contribution in [0.2, 0.25) is 0 Å². The molecule has 168 valence electrons. The third-order valence-corrected chi connectivity index (χ3v) is 3.87. The Labute approximate surface area is 170 Å². The summed E-state index contributed by atoms with van der Waals surface area (Å²) >= 11 is 0. The summed E-state index contributed by atoms with van der Waals surface area (Å²) in [5.74, 6) is -1.50. The summed E-state index contributed by atoms with van der Waals surface area (Å²) in [6, 6.07) is 2.22. The molecule has 0 saturated heterocycles. The van der Waals surface area contributed by atoms with Crippen LogP contribution in [0.25, 0.3) is 0 Å². The fraction of sp³-hybridized carbons (Fsp3) is 0.278. The number of hydrogen-bond donors (Lipinski definition) is 1. The van der Waals surface area contributed by atoms with Crippen LogP contribution in [0.4, 0.5) is 37.7 Å². The van der Waals surface area contributed by atoms with Gasteiger partial charge in [0.25, 0.3) is 11.6 Å². The van der Waals surface area contributed by atoms with Crippen molar-refractivity contribution in [1.82, 2.24) is 0 Å². The lowest BCUT2D eigenvalue weighted by Gasteiger charge is -2.15. The number of alkyl halides is 6. The summed E-state index contributed by atoms with van der Waals surface area (Å²) in [5, 5.41) is 13.2. The number of carbonyl (C=O) groups excluding carboxylic acids is 1. The fourth-order valence-electron chi connectivity index (χ4n) is 2.54. The second kappa shape index (κ2) is 8.70. The molecule has 0 radical (unpaired) electrons. The molecule has 0 atom stereocenters. The van der Waals surface area contributed by atoms with Crippen molar-refractivity contribution in [3.8, 4) is 11.5 Å². The lowest BCUT2D eigenvalue weighted by Crippen LogP contribution is -2.17. The van der Waals surface area contributed by atoms with E-state index in [-0.39, 0.29) is 36.3 Å². The van der Waals surface area contributed by atoms with Crippen molar-refractivity contribution in [1.29, 1.82) is 0 Å². The number of rotatable bonds is 6. The number of carbonyl (C=O) groups is 1. The molecule has 13 heteroatoms. The van der Waals surface area contributed by atoms with Crippen LogP contribution in [0.15, 0.2) is 30.3 Å². The first-order chi connectivity index (χ1) is 14.3.